The molecule has 0 aliphatic heterocycles. The van der Waals surface area contributed by atoms with Crippen molar-refractivity contribution in [2.24, 2.45) is 0 Å². The average Bonchev–Trinajstić information content (AvgIpc) is 2.84. The molecular formula is C31H36N2O4. The maximum absolute atomic E-state index is 13.1. The zero-order chi connectivity index (χ0) is 27.2. The molecule has 0 aliphatic rings. The minimum absolute atomic E-state index is 0.0117. The highest BCUT2D eigenvalue weighted by molar-refractivity contribution is 6.07. The number of anilines is 1. The van der Waals surface area contributed by atoms with Gasteiger partial charge >= 0.3 is 6.09 Å². The fraction of sp³-hybridized carbons (Fsp3) is 0.323. The summed E-state index contributed by atoms with van der Waals surface area (Å²) >= 11 is 0. The van der Waals surface area contributed by atoms with Crippen molar-refractivity contribution in [1.82, 2.24) is 5.32 Å². The highest BCUT2D eigenvalue weighted by Gasteiger charge is 2.17. The van der Waals surface area contributed by atoms with Gasteiger partial charge in [0.25, 0.3) is 5.91 Å². The van der Waals surface area contributed by atoms with Gasteiger partial charge in [-0.25, -0.2) is 4.79 Å². The molecule has 0 heterocycles. The van der Waals surface area contributed by atoms with Crippen LogP contribution in [-0.4, -0.2) is 23.4 Å². The molecule has 0 aromatic heterocycles. The van der Waals surface area contributed by atoms with Crippen LogP contribution in [0.25, 0.3) is 0 Å². The summed E-state index contributed by atoms with van der Waals surface area (Å²) in [6, 6.07) is 18.9. The minimum Gasteiger partial charge on any atom is -0.444 e. The van der Waals surface area contributed by atoms with Crippen molar-refractivity contribution in [3.05, 3.63) is 99.6 Å². The molecule has 0 saturated heterocycles. The second-order valence-electron chi connectivity index (χ2n) is 10.3. The molecule has 2 amide bonds. The summed E-state index contributed by atoms with van der Waals surface area (Å²) in [6.07, 6.45) is 0.719. The van der Waals surface area contributed by atoms with Gasteiger partial charge in [-0.15, -0.1) is 0 Å². The number of aryl methyl sites for hydroxylation is 3. The van der Waals surface area contributed by atoms with Gasteiger partial charge in [-0.1, -0.05) is 43.3 Å². The Morgan fingerprint density at radius 2 is 1.32 bits per heavy atom. The number of hydrogen-bond acceptors (Lipinski definition) is 4. The number of amides is 2. The number of carbonyl (C=O) groups is 3. The van der Waals surface area contributed by atoms with E-state index in [4.69, 9.17) is 4.74 Å². The SMILES string of the molecule is CCc1ccc(NC(=O)c2cc(C)c(C(=O)Cc3ccc(CNC(=O)OC(C)(C)C)cc3)cc2C)cc1. The number of benzene rings is 3. The molecule has 3 aromatic carbocycles. The summed E-state index contributed by atoms with van der Waals surface area (Å²) in [5.41, 5.74) is 5.86. The van der Waals surface area contributed by atoms with Crippen LogP contribution in [0, 0.1) is 13.8 Å². The topological polar surface area (TPSA) is 84.5 Å². The molecule has 0 spiro atoms. The van der Waals surface area contributed by atoms with E-state index in [0.29, 0.717) is 17.7 Å². The summed E-state index contributed by atoms with van der Waals surface area (Å²) < 4.78 is 5.25. The molecule has 194 valence electrons. The second-order valence-corrected chi connectivity index (χ2v) is 10.3. The number of ketones is 1. The number of alkyl carbamates (subject to hydrolysis) is 1. The maximum Gasteiger partial charge on any atom is 0.407 e. The molecule has 0 bridgehead atoms. The molecular weight excluding hydrogens is 464 g/mol. The van der Waals surface area contributed by atoms with Gasteiger partial charge in [0, 0.05) is 29.8 Å². The number of carbonyl (C=O) groups excluding carboxylic acids is 3. The Labute approximate surface area is 219 Å². The standard InChI is InChI=1S/C31H36N2O4/c1-7-22-12-14-25(15-13-22)33-29(35)27-17-20(2)26(16-21(27)3)28(34)18-23-8-10-24(11-9-23)19-32-30(36)37-31(4,5)6/h8-17H,7,18-19H2,1-6H3,(H,32,36)(H,33,35). The van der Waals surface area contributed by atoms with Crippen molar-refractivity contribution >= 4 is 23.5 Å². The van der Waals surface area contributed by atoms with Crippen LogP contribution < -0.4 is 10.6 Å². The normalized spacial score (nSPS) is 11.1. The van der Waals surface area contributed by atoms with Crippen LogP contribution in [0.1, 0.15) is 76.2 Å². The highest BCUT2D eigenvalue weighted by Crippen LogP contribution is 2.20. The van der Waals surface area contributed by atoms with E-state index in [1.54, 1.807) is 12.1 Å². The van der Waals surface area contributed by atoms with Crippen LogP contribution in [0.5, 0.6) is 0 Å². The van der Waals surface area contributed by atoms with Crippen LogP contribution in [0.15, 0.2) is 60.7 Å². The van der Waals surface area contributed by atoms with E-state index in [0.717, 1.165) is 34.4 Å². The maximum atomic E-state index is 13.1. The zero-order valence-electron chi connectivity index (χ0n) is 22.5. The fourth-order valence-electron chi connectivity index (χ4n) is 3.93. The largest absolute Gasteiger partial charge is 0.444 e. The first-order chi connectivity index (χ1) is 17.4. The summed E-state index contributed by atoms with van der Waals surface area (Å²) in [7, 11) is 0. The molecule has 0 radical (unpaired) electrons. The van der Waals surface area contributed by atoms with Crippen molar-refractivity contribution in [2.75, 3.05) is 5.32 Å². The molecule has 6 heteroatoms. The molecule has 0 fully saturated rings. The summed E-state index contributed by atoms with van der Waals surface area (Å²) in [5, 5.41) is 5.67. The minimum atomic E-state index is -0.548. The lowest BCUT2D eigenvalue weighted by Gasteiger charge is -2.19. The first-order valence-corrected chi connectivity index (χ1v) is 12.5. The van der Waals surface area contributed by atoms with Gasteiger partial charge in [0.1, 0.15) is 5.60 Å². The Balaban J connectivity index is 1.62. The molecule has 0 aliphatic carbocycles. The number of nitrogens with one attached hydrogen (secondary N) is 2. The van der Waals surface area contributed by atoms with Gasteiger partial charge in [0.2, 0.25) is 0 Å². The third-order valence-electron chi connectivity index (χ3n) is 5.96. The van der Waals surface area contributed by atoms with Crippen LogP contribution in [-0.2, 0) is 24.1 Å². The first kappa shape index (κ1) is 27.7. The summed E-state index contributed by atoms with van der Waals surface area (Å²) in [4.78, 5) is 37.8. The second kappa shape index (κ2) is 11.9. The monoisotopic (exact) mass is 500 g/mol. The summed E-state index contributed by atoms with van der Waals surface area (Å²) in [5.74, 6) is -0.207. The molecule has 0 saturated carbocycles. The van der Waals surface area contributed by atoms with Crippen molar-refractivity contribution in [3.8, 4) is 0 Å². The Bertz CT molecular complexity index is 1270. The zero-order valence-corrected chi connectivity index (χ0v) is 22.5. The van der Waals surface area contributed by atoms with Crippen LogP contribution >= 0.6 is 0 Å². The van der Waals surface area contributed by atoms with Gasteiger partial charge in [0.05, 0.1) is 0 Å². The lowest BCUT2D eigenvalue weighted by Crippen LogP contribution is -2.32. The van der Waals surface area contributed by atoms with E-state index >= 15 is 0 Å². The molecule has 3 aromatic rings. The molecule has 37 heavy (non-hydrogen) atoms. The number of ether oxygens (including phenoxy) is 1. The number of rotatable bonds is 8. The predicted molar refractivity (Wildman–Crippen MR) is 147 cm³/mol. The Morgan fingerprint density at radius 1 is 0.784 bits per heavy atom. The predicted octanol–water partition coefficient (Wildman–Crippen LogP) is 6.57. The lowest BCUT2D eigenvalue weighted by molar-refractivity contribution is 0.0523. The molecule has 2 N–H and O–H groups in total. The van der Waals surface area contributed by atoms with E-state index in [9.17, 15) is 14.4 Å². The third kappa shape index (κ3) is 8.04. The Kier molecular flexibility index (Phi) is 8.87. The van der Waals surface area contributed by atoms with E-state index in [1.807, 2.05) is 83.1 Å². The molecule has 0 unspecified atom stereocenters. The number of Topliss-reactive ketones (excluding diaryl/α,β-unsaturated/α-hetero) is 1. The highest BCUT2D eigenvalue weighted by atomic mass is 16.6. The van der Waals surface area contributed by atoms with Crippen molar-refractivity contribution in [1.29, 1.82) is 0 Å². The lowest BCUT2D eigenvalue weighted by atomic mass is 9.94. The van der Waals surface area contributed by atoms with Crippen molar-refractivity contribution in [3.63, 3.8) is 0 Å². The molecule has 0 atom stereocenters. The quantitative estimate of drug-likeness (QED) is 0.343. The van der Waals surface area contributed by atoms with Crippen molar-refractivity contribution < 1.29 is 19.1 Å². The molecule has 3 rings (SSSR count). The average molecular weight is 501 g/mol. The fourth-order valence-corrected chi connectivity index (χ4v) is 3.93. The smallest absolute Gasteiger partial charge is 0.407 e. The third-order valence-corrected chi connectivity index (χ3v) is 5.96. The van der Waals surface area contributed by atoms with Crippen molar-refractivity contribution in [2.45, 2.75) is 66.5 Å². The van der Waals surface area contributed by atoms with E-state index in [1.165, 1.54) is 5.56 Å². The first-order valence-electron chi connectivity index (χ1n) is 12.5. The number of hydrogen-bond donors (Lipinski definition) is 2. The van der Waals surface area contributed by atoms with Gasteiger partial charge in [-0.05, 0) is 93.1 Å². The van der Waals surface area contributed by atoms with E-state index < -0.39 is 11.7 Å². The van der Waals surface area contributed by atoms with E-state index in [-0.39, 0.29) is 18.1 Å². The van der Waals surface area contributed by atoms with Crippen LogP contribution in [0.2, 0.25) is 0 Å². The van der Waals surface area contributed by atoms with Gasteiger partial charge in [-0.3, -0.25) is 9.59 Å². The van der Waals surface area contributed by atoms with Gasteiger partial charge < -0.3 is 15.4 Å². The van der Waals surface area contributed by atoms with Crippen LogP contribution in [0.3, 0.4) is 0 Å². The van der Waals surface area contributed by atoms with Gasteiger partial charge in [-0.2, -0.15) is 0 Å². The van der Waals surface area contributed by atoms with E-state index in [2.05, 4.69) is 17.6 Å². The van der Waals surface area contributed by atoms with Gasteiger partial charge in [0.15, 0.2) is 5.78 Å². The molecule has 6 nitrogen and oxygen atoms in total. The summed E-state index contributed by atoms with van der Waals surface area (Å²) in [6.45, 7) is 11.6. The Hall–Kier alpha value is -3.93. The van der Waals surface area contributed by atoms with Crippen LogP contribution in [0.4, 0.5) is 10.5 Å². The Morgan fingerprint density at radius 3 is 1.92 bits per heavy atom.